The summed E-state index contributed by atoms with van der Waals surface area (Å²) in [7, 11) is 0. The number of benzene rings is 1. The lowest BCUT2D eigenvalue weighted by atomic mass is 10.1. The van der Waals surface area contributed by atoms with Crippen LogP contribution in [-0.4, -0.2) is 29.9 Å². The van der Waals surface area contributed by atoms with E-state index in [1.54, 1.807) is 0 Å². The Morgan fingerprint density at radius 2 is 2.19 bits per heavy atom. The molecule has 0 atom stereocenters. The van der Waals surface area contributed by atoms with E-state index in [4.69, 9.17) is 0 Å². The Balaban J connectivity index is 1.78. The van der Waals surface area contributed by atoms with Crippen molar-refractivity contribution in [3.05, 3.63) is 42.2 Å². The first-order valence-corrected chi connectivity index (χ1v) is 6.33. The second kappa shape index (κ2) is 5.92. The standard InChI is InChI=1S/C12H16N3S/c1-16-12-13-9-15(10-14-12)8-7-11-5-3-2-4-6-11/h2-6H,1,7-10H2,(H,13,14). The Bertz CT molecular complexity index is 351. The Hall–Kier alpha value is -1.00. The van der Waals surface area contributed by atoms with Gasteiger partial charge in [-0.15, -0.1) is 0 Å². The summed E-state index contributed by atoms with van der Waals surface area (Å²) in [6.07, 6.45) is 4.81. The maximum Gasteiger partial charge on any atom is 0.158 e. The first kappa shape index (κ1) is 11.5. The molecule has 1 heterocycles. The molecule has 16 heavy (non-hydrogen) atoms. The summed E-state index contributed by atoms with van der Waals surface area (Å²) >= 11 is 1.42. The van der Waals surface area contributed by atoms with Crippen molar-refractivity contribution in [2.45, 2.75) is 6.42 Å². The topological polar surface area (TPSA) is 27.6 Å². The van der Waals surface area contributed by atoms with Crippen LogP contribution in [0.1, 0.15) is 5.56 Å². The molecule has 1 aliphatic rings. The maximum atomic E-state index is 4.37. The van der Waals surface area contributed by atoms with Crippen molar-refractivity contribution in [3.8, 4) is 0 Å². The third-order valence-corrected chi connectivity index (χ3v) is 3.11. The number of rotatable bonds is 3. The van der Waals surface area contributed by atoms with Crippen LogP contribution in [0, 0.1) is 6.26 Å². The van der Waals surface area contributed by atoms with Gasteiger partial charge in [-0.2, -0.15) is 0 Å². The van der Waals surface area contributed by atoms with Gasteiger partial charge in [0, 0.05) is 12.8 Å². The smallest absolute Gasteiger partial charge is 0.158 e. The quantitative estimate of drug-likeness (QED) is 0.866. The highest BCUT2D eigenvalue weighted by atomic mass is 32.2. The zero-order valence-electron chi connectivity index (χ0n) is 9.22. The van der Waals surface area contributed by atoms with E-state index in [1.807, 2.05) is 6.07 Å². The molecule has 1 radical (unpaired) electrons. The molecule has 0 amide bonds. The molecule has 0 aromatic heterocycles. The zero-order valence-corrected chi connectivity index (χ0v) is 10.0. The molecule has 0 unspecified atom stereocenters. The molecule has 0 saturated heterocycles. The van der Waals surface area contributed by atoms with Gasteiger partial charge < -0.3 is 5.32 Å². The summed E-state index contributed by atoms with van der Waals surface area (Å²) in [4.78, 5) is 6.66. The van der Waals surface area contributed by atoms with E-state index in [9.17, 15) is 0 Å². The minimum absolute atomic E-state index is 0.775. The largest absolute Gasteiger partial charge is 0.352 e. The average molecular weight is 234 g/mol. The van der Waals surface area contributed by atoms with Crippen LogP contribution in [0.15, 0.2) is 35.3 Å². The number of hydrogen-bond acceptors (Lipinski definition) is 4. The first-order valence-electron chi connectivity index (χ1n) is 5.35. The maximum absolute atomic E-state index is 4.37. The van der Waals surface area contributed by atoms with E-state index in [-0.39, 0.29) is 0 Å². The zero-order chi connectivity index (χ0) is 11.2. The van der Waals surface area contributed by atoms with E-state index in [0.717, 1.165) is 31.5 Å². The molecule has 1 aromatic carbocycles. The fourth-order valence-electron chi connectivity index (χ4n) is 1.63. The molecular formula is C12H16N3S. The molecule has 2 rings (SSSR count). The molecule has 0 aliphatic carbocycles. The van der Waals surface area contributed by atoms with Gasteiger partial charge in [-0.1, -0.05) is 42.1 Å². The molecule has 1 N–H and O–H groups in total. The van der Waals surface area contributed by atoms with E-state index in [0.29, 0.717) is 0 Å². The van der Waals surface area contributed by atoms with Crippen LogP contribution < -0.4 is 5.32 Å². The van der Waals surface area contributed by atoms with Crippen LogP contribution in [-0.2, 0) is 6.42 Å². The van der Waals surface area contributed by atoms with Gasteiger partial charge in [-0.3, -0.25) is 4.90 Å². The summed E-state index contributed by atoms with van der Waals surface area (Å²) < 4.78 is 0. The number of nitrogens with zero attached hydrogens (tertiary/aromatic N) is 2. The number of nitrogens with one attached hydrogen (secondary N) is 1. The lowest BCUT2D eigenvalue weighted by Crippen LogP contribution is -2.42. The van der Waals surface area contributed by atoms with Crippen molar-refractivity contribution in [1.82, 2.24) is 10.2 Å². The van der Waals surface area contributed by atoms with Crippen LogP contribution in [0.2, 0.25) is 0 Å². The van der Waals surface area contributed by atoms with Crippen LogP contribution in [0.3, 0.4) is 0 Å². The number of thioether (sulfide) groups is 1. The summed E-state index contributed by atoms with van der Waals surface area (Å²) in [5.41, 5.74) is 1.38. The number of aliphatic imine (C=N–C) groups is 1. The van der Waals surface area contributed by atoms with Crippen molar-refractivity contribution in [3.63, 3.8) is 0 Å². The lowest BCUT2D eigenvalue weighted by Gasteiger charge is -2.25. The van der Waals surface area contributed by atoms with E-state index < -0.39 is 0 Å². The van der Waals surface area contributed by atoms with Gasteiger partial charge in [0.25, 0.3) is 0 Å². The number of amidine groups is 1. The molecular weight excluding hydrogens is 218 g/mol. The Morgan fingerprint density at radius 3 is 2.81 bits per heavy atom. The second-order valence-corrected chi connectivity index (χ2v) is 4.39. The molecule has 1 aromatic rings. The molecule has 85 valence electrons. The van der Waals surface area contributed by atoms with Gasteiger partial charge in [0.2, 0.25) is 0 Å². The monoisotopic (exact) mass is 234 g/mol. The van der Waals surface area contributed by atoms with Gasteiger partial charge in [0.05, 0.1) is 13.3 Å². The van der Waals surface area contributed by atoms with E-state index >= 15 is 0 Å². The average Bonchev–Trinajstić information content (AvgIpc) is 2.38. The SMILES string of the molecule is [CH2]SC1=NCN(CCc2ccccc2)CN1. The Morgan fingerprint density at radius 1 is 1.38 bits per heavy atom. The van der Waals surface area contributed by atoms with Crippen molar-refractivity contribution in [1.29, 1.82) is 0 Å². The van der Waals surface area contributed by atoms with Gasteiger partial charge in [-0.25, -0.2) is 4.99 Å². The minimum atomic E-state index is 0.775. The highest BCUT2D eigenvalue weighted by Gasteiger charge is 2.10. The van der Waals surface area contributed by atoms with Crippen LogP contribution in [0.4, 0.5) is 0 Å². The summed E-state index contributed by atoms with van der Waals surface area (Å²) in [6.45, 7) is 2.68. The second-order valence-electron chi connectivity index (χ2n) is 3.71. The lowest BCUT2D eigenvalue weighted by molar-refractivity contribution is 0.270. The summed E-state index contributed by atoms with van der Waals surface area (Å²) in [6, 6.07) is 10.5. The highest BCUT2D eigenvalue weighted by molar-refractivity contribution is 8.14. The predicted molar refractivity (Wildman–Crippen MR) is 70.1 cm³/mol. The van der Waals surface area contributed by atoms with Crippen molar-refractivity contribution < 1.29 is 0 Å². The van der Waals surface area contributed by atoms with E-state index in [2.05, 4.69) is 45.7 Å². The minimum Gasteiger partial charge on any atom is -0.352 e. The van der Waals surface area contributed by atoms with Gasteiger partial charge >= 0.3 is 0 Å². The molecule has 0 spiro atoms. The van der Waals surface area contributed by atoms with Gasteiger partial charge in [0.15, 0.2) is 5.17 Å². The van der Waals surface area contributed by atoms with Crippen molar-refractivity contribution >= 4 is 16.9 Å². The fourth-order valence-corrected chi connectivity index (χ4v) is 1.94. The van der Waals surface area contributed by atoms with Crippen molar-refractivity contribution in [2.24, 2.45) is 4.99 Å². The van der Waals surface area contributed by atoms with E-state index in [1.165, 1.54) is 17.3 Å². The van der Waals surface area contributed by atoms with Crippen LogP contribution in [0.25, 0.3) is 0 Å². The molecule has 4 heteroatoms. The number of hydrogen-bond donors (Lipinski definition) is 1. The fraction of sp³-hybridized carbons (Fsp3) is 0.333. The molecule has 0 bridgehead atoms. The summed E-state index contributed by atoms with van der Waals surface area (Å²) in [5, 5.41) is 4.17. The molecule has 0 saturated carbocycles. The molecule has 3 nitrogen and oxygen atoms in total. The third-order valence-electron chi connectivity index (χ3n) is 2.56. The Kier molecular flexibility index (Phi) is 4.25. The highest BCUT2D eigenvalue weighted by Crippen LogP contribution is 2.05. The Labute approximate surface area is 101 Å². The van der Waals surface area contributed by atoms with Gasteiger partial charge in [0.1, 0.15) is 0 Å². The van der Waals surface area contributed by atoms with Gasteiger partial charge in [-0.05, 0) is 12.0 Å². The van der Waals surface area contributed by atoms with Crippen LogP contribution >= 0.6 is 11.8 Å². The molecule has 1 aliphatic heterocycles. The third kappa shape index (κ3) is 3.25. The molecule has 0 fully saturated rings. The normalized spacial score (nSPS) is 16.7. The van der Waals surface area contributed by atoms with Crippen molar-refractivity contribution in [2.75, 3.05) is 19.9 Å². The van der Waals surface area contributed by atoms with Crippen LogP contribution in [0.5, 0.6) is 0 Å². The predicted octanol–water partition coefficient (Wildman–Crippen LogP) is 1.93. The summed E-state index contributed by atoms with van der Waals surface area (Å²) in [5.74, 6) is 0. The first-order chi connectivity index (χ1) is 7.88.